The fourth-order valence-corrected chi connectivity index (χ4v) is 2.71. The molecule has 1 aliphatic heterocycles. The van der Waals surface area contributed by atoms with Crippen molar-refractivity contribution in [1.82, 2.24) is 4.90 Å². The fourth-order valence-electron chi connectivity index (χ4n) is 2.71. The monoisotopic (exact) mass is 290 g/mol. The van der Waals surface area contributed by atoms with Gasteiger partial charge in [0.25, 0.3) is 5.91 Å². The Morgan fingerprint density at radius 3 is 2.95 bits per heavy atom. The molecule has 1 aromatic carbocycles. The first-order valence-corrected chi connectivity index (χ1v) is 7.87. The maximum atomic E-state index is 12.2. The molecule has 1 heterocycles. The molecule has 1 amide bonds. The van der Waals surface area contributed by atoms with Crippen LogP contribution in [0.2, 0.25) is 0 Å². The van der Waals surface area contributed by atoms with Gasteiger partial charge in [-0.05, 0) is 36.8 Å². The van der Waals surface area contributed by atoms with E-state index < -0.39 is 0 Å². The van der Waals surface area contributed by atoms with Crippen molar-refractivity contribution in [2.45, 2.75) is 45.1 Å². The number of likely N-dealkylation sites (tertiary alicyclic amines) is 1. The van der Waals surface area contributed by atoms with Crippen LogP contribution >= 0.6 is 0 Å². The average Bonchev–Trinajstić information content (AvgIpc) is 2.52. The van der Waals surface area contributed by atoms with Gasteiger partial charge in [-0.2, -0.15) is 0 Å². The number of hydrogen-bond donors (Lipinski definition) is 1. The normalized spacial score (nSPS) is 20.1. The van der Waals surface area contributed by atoms with Crippen molar-refractivity contribution in [3.05, 3.63) is 29.8 Å². The Kier molecular flexibility index (Phi) is 5.62. The summed E-state index contributed by atoms with van der Waals surface area (Å²) in [5, 5.41) is 0. The average molecular weight is 290 g/mol. The molecule has 116 valence electrons. The van der Waals surface area contributed by atoms with Gasteiger partial charge in [-0.3, -0.25) is 4.79 Å². The predicted octanol–water partition coefficient (Wildman–Crippen LogP) is 2.53. The first kappa shape index (κ1) is 15.8. The van der Waals surface area contributed by atoms with Crippen molar-refractivity contribution >= 4 is 5.91 Å². The van der Waals surface area contributed by atoms with Gasteiger partial charge in [0, 0.05) is 19.1 Å². The maximum absolute atomic E-state index is 12.2. The smallest absolute Gasteiger partial charge is 0.260 e. The van der Waals surface area contributed by atoms with Crippen LogP contribution in [0.1, 0.15) is 44.6 Å². The zero-order valence-electron chi connectivity index (χ0n) is 13.0. The van der Waals surface area contributed by atoms with Gasteiger partial charge in [-0.15, -0.1) is 0 Å². The number of piperidine rings is 1. The lowest BCUT2D eigenvalue weighted by Crippen LogP contribution is -2.47. The number of nitrogens with zero attached hydrogens (tertiary/aromatic N) is 1. The van der Waals surface area contributed by atoms with Crippen LogP contribution in [-0.2, 0) is 4.79 Å². The van der Waals surface area contributed by atoms with Gasteiger partial charge in [-0.1, -0.05) is 32.0 Å². The van der Waals surface area contributed by atoms with Crippen LogP contribution in [0.25, 0.3) is 0 Å². The molecule has 0 unspecified atom stereocenters. The van der Waals surface area contributed by atoms with Gasteiger partial charge in [0.2, 0.25) is 0 Å². The number of nitrogens with two attached hydrogens (primary N) is 1. The number of amides is 1. The molecule has 0 spiro atoms. The standard InChI is InChI=1S/C17H26N2O2/c1-3-13(2)15-8-4-5-9-16(15)21-12-17(20)19-10-6-7-14(18)11-19/h4-5,8-9,13-14H,3,6-7,10-12,18H2,1-2H3/t13-,14+/m0/s1. The highest BCUT2D eigenvalue weighted by Crippen LogP contribution is 2.28. The number of benzene rings is 1. The third-order valence-corrected chi connectivity index (χ3v) is 4.22. The molecule has 2 rings (SSSR count). The van der Waals surface area contributed by atoms with E-state index in [1.54, 1.807) is 0 Å². The molecule has 4 heteroatoms. The van der Waals surface area contributed by atoms with Crippen LogP contribution < -0.4 is 10.5 Å². The van der Waals surface area contributed by atoms with Gasteiger partial charge >= 0.3 is 0 Å². The molecule has 4 nitrogen and oxygen atoms in total. The Morgan fingerprint density at radius 1 is 1.48 bits per heavy atom. The molecule has 2 N–H and O–H groups in total. The number of ether oxygens (including phenoxy) is 1. The van der Waals surface area contributed by atoms with E-state index in [1.165, 1.54) is 5.56 Å². The predicted molar refractivity (Wildman–Crippen MR) is 84.4 cm³/mol. The highest BCUT2D eigenvalue weighted by atomic mass is 16.5. The Labute approximate surface area is 127 Å². The largest absolute Gasteiger partial charge is 0.483 e. The quantitative estimate of drug-likeness (QED) is 0.906. The molecule has 0 bridgehead atoms. The molecule has 0 radical (unpaired) electrons. The number of rotatable bonds is 5. The summed E-state index contributed by atoms with van der Waals surface area (Å²) in [6.07, 6.45) is 3.03. The summed E-state index contributed by atoms with van der Waals surface area (Å²) in [7, 11) is 0. The molecule has 1 fully saturated rings. The lowest BCUT2D eigenvalue weighted by Gasteiger charge is -2.30. The number of carbonyl (C=O) groups is 1. The van der Waals surface area contributed by atoms with E-state index >= 15 is 0 Å². The molecular formula is C17H26N2O2. The van der Waals surface area contributed by atoms with Gasteiger partial charge in [0.1, 0.15) is 5.75 Å². The summed E-state index contributed by atoms with van der Waals surface area (Å²) < 4.78 is 5.78. The molecule has 1 aromatic rings. The lowest BCUT2D eigenvalue weighted by atomic mass is 9.98. The topological polar surface area (TPSA) is 55.6 Å². The van der Waals surface area contributed by atoms with Crippen LogP contribution in [-0.4, -0.2) is 36.5 Å². The molecular weight excluding hydrogens is 264 g/mol. The van der Waals surface area contributed by atoms with Gasteiger partial charge in [-0.25, -0.2) is 0 Å². The first-order chi connectivity index (χ1) is 10.1. The SMILES string of the molecule is CC[C@H](C)c1ccccc1OCC(=O)N1CCC[C@@H](N)C1. The van der Waals surface area contributed by atoms with E-state index in [1.807, 2.05) is 23.1 Å². The minimum absolute atomic E-state index is 0.0316. The minimum Gasteiger partial charge on any atom is -0.483 e. The number of carbonyl (C=O) groups excluding carboxylic acids is 1. The fraction of sp³-hybridized carbons (Fsp3) is 0.588. The van der Waals surface area contributed by atoms with E-state index in [0.29, 0.717) is 12.5 Å². The third kappa shape index (κ3) is 4.21. The van der Waals surface area contributed by atoms with E-state index in [2.05, 4.69) is 19.9 Å². The molecule has 1 saturated heterocycles. The Bertz CT molecular complexity index is 476. The molecule has 1 aliphatic rings. The molecule has 21 heavy (non-hydrogen) atoms. The van der Waals surface area contributed by atoms with Gasteiger partial charge in [0.05, 0.1) is 0 Å². The maximum Gasteiger partial charge on any atom is 0.260 e. The third-order valence-electron chi connectivity index (χ3n) is 4.22. The summed E-state index contributed by atoms with van der Waals surface area (Å²) in [5.41, 5.74) is 7.09. The molecule has 0 aliphatic carbocycles. The van der Waals surface area contributed by atoms with Gasteiger partial charge < -0.3 is 15.4 Å². The lowest BCUT2D eigenvalue weighted by molar-refractivity contribution is -0.134. The highest BCUT2D eigenvalue weighted by Gasteiger charge is 2.21. The van der Waals surface area contributed by atoms with Crippen molar-refractivity contribution in [3.63, 3.8) is 0 Å². The zero-order chi connectivity index (χ0) is 15.2. The second kappa shape index (κ2) is 7.46. The van der Waals surface area contributed by atoms with Crippen LogP contribution in [0.4, 0.5) is 0 Å². The van der Waals surface area contributed by atoms with Crippen LogP contribution in [0.15, 0.2) is 24.3 Å². The summed E-state index contributed by atoms with van der Waals surface area (Å²) in [6.45, 7) is 5.87. The summed E-state index contributed by atoms with van der Waals surface area (Å²) in [4.78, 5) is 14.0. The van der Waals surface area contributed by atoms with Crippen molar-refractivity contribution in [1.29, 1.82) is 0 Å². The second-order valence-electron chi connectivity index (χ2n) is 5.88. The van der Waals surface area contributed by atoms with Crippen molar-refractivity contribution in [2.24, 2.45) is 5.73 Å². The molecule has 2 atom stereocenters. The highest BCUT2D eigenvalue weighted by molar-refractivity contribution is 5.78. The summed E-state index contributed by atoms with van der Waals surface area (Å²) in [5.74, 6) is 1.28. The van der Waals surface area contributed by atoms with E-state index in [0.717, 1.165) is 31.6 Å². The van der Waals surface area contributed by atoms with E-state index in [-0.39, 0.29) is 18.6 Å². The van der Waals surface area contributed by atoms with Crippen molar-refractivity contribution in [2.75, 3.05) is 19.7 Å². The van der Waals surface area contributed by atoms with E-state index in [9.17, 15) is 4.79 Å². The van der Waals surface area contributed by atoms with Crippen molar-refractivity contribution in [3.8, 4) is 5.75 Å². The number of para-hydroxylation sites is 1. The van der Waals surface area contributed by atoms with Crippen molar-refractivity contribution < 1.29 is 9.53 Å². The Balaban J connectivity index is 1.95. The Hall–Kier alpha value is -1.55. The first-order valence-electron chi connectivity index (χ1n) is 7.87. The number of hydrogen-bond acceptors (Lipinski definition) is 3. The molecule has 0 aromatic heterocycles. The zero-order valence-corrected chi connectivity index (χ0v) is 13.0. The van der Waals surface area contributed by atoms with Crippen LogP contribution in [0, 0.1) is 0 Å². The van der Waals surface area contributed by atoms with Crippen LogP contribution in [0.5, 0.6) is 5.75 Å². The van der Waals surface area contributed by atoms with E-state index in [4.69, 9.17) is 10.5 Å². The minimum atomic E-state index is 0.0316. The second-order valence-corrected chi connectivity index (χ2v) is 5.88. The van der Waals surface area contributed by atoms with Crippen LogP contribution in [0.3, 0.4) is 0 Å². The summed E-state index contributed by atoms with van der Waals surface area (Å²) >= 11 is 0. The molecule has 0 saturated carbocycles. The Morgan fingerprint density at radius 2 is 2.24 bits per heavy atom. The van der Waals surface area contributed by atoms with Gasteiger partial charge in [0.15, 0.2) is 6.61 Å². The summed E-state index contributed by atoms with van der Waals surface area (Å²) in [6, 6.07) is 8.08.